The van der Waals surface area contributed by atoms with Crippen molar-refractivity contribution in [2.24, 2.45) is 5.92 Å². The molecule has 0 fully saturated rings. The molecule has 2 aromatic rings. The van der Waals surface area contributed by atoms with Crippen molar-refractivity contribution >= 4 is 11.6 Å². The monoisotopic (exact) mass is 301 g/mol. The van der Waals surface area contributed by atoms with Crippen molar-refractivity contribution < 1.29 is 0 Å². The first-order chi connectivity index (χ1) is 10.1. The fourth-order valence-electron chi connectivity index (χ4n) is 2.51. The number of nitrogens with one attached hydrogen (secondary N) is 1. The molecule has 2 heteroatoms. The number of hydrogen-bond acceptors (Lipinski definition) is 1. The molecule has 0 spiro atoms. The number of hydrogen-bond donors (Lipinski definition) is 1. The van der Waals surface area contributed by atoms with Gasteiger partial charge in [-0.1, -0.05) is 67.9 Å². The second kappa shape index (κ2) is 8.21. The van der Waals surface area contributed by atoms with Gasteiger partial charge in [-0.15, -0.1) is 0 Å². The molecule has 0 radical (unpaired) electrons. The Balaban J connectivity index is 2.10. The highest BCUT2D eigenvalue weighted by Gasteiger charge is 2.13. The summed E-state index contributed by atoms with van der Waals surface area (Å²) in [4.78, 5) is 0. The van der Waals surface area contributed by atoms with E-state index in [0.29, 0.717) is 11.8 Å². The Bertz CT molecular complexity index is 536. The standard InChI is InChI=1S/C19H24ClN/c1-15(2)13-21-14-18(11-16-7-4-3-5-8-16)17-9-6-10-19(20)12-17/h3-10,12,15,18,21H,11,13-14H2,1-2H3. The van der Waals surface area contributed by atoms with Crippen molar-refractivity contribution in [2.75, 3.05) is 13.1 Å². The third kappa shape index (κ3) is 5.53. The summed E-state index contributed by atoms with van der Waals surface area (Å²) >= 11 is 6.16. The minimum atomic E-state index is 0.449. The molecule has 1 atom stereocenters. The molecular weight excluding hydrogens is 278 g/mol. The smallest absolute Gasteiger partial charge is 0.0408 e. The second-order valence-corrected chi connectivity index (χ2v) is 6.43. The highest BCUT2D eigenvalue weighted by Crippen LogP contribution is 2.23. The van der Waals surface area contributed by atoms with Crippen molar-refractivity contribution in [3.63, 3.8) is 0 Å². The van der Waals surface area contributed by atoms with Crippen LogP contribution in [0.2, 0.25) is 5.02 Å². The summed E-state index contributed by atoms with van der Waals surface area (Å²) in [5, 5.41) is 4.39. The third-order valence-electron chi connectivity index (χ3n) is 3.59. The van der Waals surface area contributed by atoms with Gasteiger partial charge in [0.05, 0.1) is 0 Å². The highest BCUT2D eigenvalue weighted by molar-refractivity contribution is 6.30. The molecule has 1 N–H and O–H groups in total. The Morgan fingerprint density at radius 1 is 0.952 bits per heavy atom. The minimum Gasteiger partial charge on any atom is -0.316 e. The van der Waals surface area contributed by atoms with Crippen LogP contribution in [0.3, 0.4) is 0 Å². The van der Waals surface area contributed by atoms with Gasteiger partial charge >= 0.3 is 0 Å². The number of benzene rings is 2. The topological polar surface area (TPSA) is 12.0 Å². The summed E-state index contributed by atoms with van der Waals surface area (Å²) in [6, 6.07) is 18.9. The van der Waals surface area contributed by atoms with Crippen LogP contribution in [0.25, 0.3) is 0 Å². The Kier molecular flexibility index (Phi) is 6.28. The van der Waals surface area contributed by atoms with Gasteiger partial charge in [-0.05, 0) is 42.1 Å². The van der Waals surface area contributed by atoms with Crippen molar-refractivity contribution in [1.29, 1.82) is 0 Å². The quantitative estimate of drug-likeness (QED) is 0.766. The molecule has 1 unspecified atom stereocenters. The summed E-state index contributed by atoms with van der Waals surface area (Å²) in [7, 11) is 0. The number of rotatable bonds is 7. The fourth-order valence-corrected chi connectivity index (χ4v) is 2.71. The SMILES string of the molecule is CC(C)CNCC(Cc1ccccc1)c1cccc(Cl)c1. The molecule has 0 bridgehead atoms. The van der Waals surface area contributed by atoms with Crippen LogP contribution in [-0.2, 0) is 6.42 Å². The Morgan fingerprint density at radius 2 is 1.71 bits per heavy atom. The van der Waals surface area contributed by atoms with Crippen LogP contribution in [-0.4, -0.2) is 13.1 Å². The molecule has 21 heavy (non-hydrogen) atoms. The summed E-state index contributed by atoms with van der Waals surface area (Å²) in [5.74, 6) is 1.12. The first-order valence-corrected chi connectivity index (χ1v) is 8.03. The van der Waals surface area contributed by atoms with E-state index in [1.54, 1.807) is 0 Å². The lowest BCUT2D eigenvalue weighted by molar-refractivity contribution is 0.514. The highest BCUT2D eigenvalue weighted by atomic mass is 35.5. The average molecular weight is 302 g/mol. The van der Waals surface area contributed by atoms with Crippen LogP contribution in [0.1, 0.15) is 30.9 Å². The molecule has 0 saturated carbocycles. The van der Waals surface area contributed by atoms with E-state index in [2.05, 4.69) is 61.6 Å². The molecule has 2 rings (SSSR count). The van der Waals surface area contributed by atoms with E-state index in [9.17, 15) is 0 Å². The first kappa shape index (κ1) is 16.1. The fraction of sp³-hybridized carbons (Fsp3) is 0.368. The van der Waals surface area contributed by atoms with Crippen molar-refractivity contribution in [3.8, 4) is 0 Å². The maximum atomic E-state index is 6.16. The zero-order chi connectivity index (χ0) is 15.1. The van der Waals surface area contributed by atoms with E-state index in [0.717, 1.165) is 24.5 Å². The van der Waals surface area contributed by atoms with Gasteiger partial charge in [0.2, 0.25) is 0 Å². The van der Waals surface area contributed by atoms with Gasteiger partial charge in [-0.3, -0.25) is 0 Å². The Morgan fingerprint density at radius 3 is 2.38 bits per heavy atom. The van der Waals surface area contributed by atoms with Crippen molar-refractivity contribution in [2.45, 2.75) is 26.2 Å². The van der Waals surface area contributed by atoms with Gasteiger partial charge in [0, 0.05) is 17.5 Å². The third-order valence-corrected chi connectivity index (χ3v) is 3.82. The van der Waals surface area contributed by atoms with E-state index >= 15 is 0 Å². The van der Waals surface area contributed by atoms with Gasteiger partial charge < -0.3 is 5.32 Å². The number of halogens is 1. The van der Waals surface area contributed by atoms with Gasteiger partial charge in [0.15, 0.2) is 0 Å². The summed E-state index contributed by atoms with van der Waals surface area (Å²) in [6.45, 7) is 6.50. The molecule has 0 saturated heterocycles. The van der Waals surface area contributed by atoms with E-state index in [1.165, 1.54) is 11.1 Å². The summed E-state index contributed by atoms with van der Waals surface area (Å²) in [6.07, 6.45) is 1.03. The van der Waals surface area contributed by atoms with Gasteiger partial charge in [0.1, 0.15) is 0 Å². The van der Waals surface area contributed by atoms with E-state index in [1.807, 2.05) is 12.1 Å². The van der Waals surface area contributed by atoms with Crippen LogP contribution >= 0.6 is 11.6 Å². The van der Waals surface area contributed by atoms with Crippen LogP contribution in [0.5, 0.6) is 0 Å². The lowest BCUT2D eigenvalue weighted by Gasteiger charge is -2.19. The van der Waals surface area contributed by atoms with E-state index in [-0.39, 0.29) is 0 Å². The summed E-state index contributed by atoms with van der Waals surface area (Å²) < 4.78 is 0. The zero-order valence-corrected chi connectivity index (χ0v) is 13.6. The lowest BCUT2D eigenvalue weighted by atomic mass is 9.92. The van der Waals surface area contributed by atoms with E-state index < -0.39 is 0 Å². The molecular formula is C19H24ClN. The van der Waals surface area contributed by atoms with Gasteiger partial charge in [0.25, 0.3) is 0 Å². The van der Waals surface area contributed by atoms with Crippen LogP contribution < -0.4 is 5.32 Å². The molecule has 1 nitrogen and oxygen atoms in total. The zero-order valence-electron chi connectivity index (χ0n) is 12.9. The Labute approximate surface area is 133 Å². The second-order valence-electron chi connectivity index (χ2n) is 5.99. The molecule has 0 aliphatic rings. The molecule has 0 aliphatic heterocycles. The molecule has 0 amide bonds. The van der Waals surface area contributed by atoms with Gasteiger partial charge in [-0.2, -0.15) is 0 Å². The predicted molar refractivity (Wildman–Crippen MR) is 92.0 cm³/mol. The van der Waals surface area contributed by atoms with Gasteiger partial charge in [-0.25, -0.2) is 0 Å². The molecule has 0 aromatic heterocycles. The Hall–Kier alpha value is -1.31. The maximum Gasteiger partial charge on any atom is 0.0408 e. The normalized spacial score (nSPS) is 12.6. The van der Waals surface area contributed by atoms with Crippen LogP contribution in [0.4, 0.5) is 0 Å². The predicted octanol–water partition coefficient (Wildman–Crippen LogP) is 4.91. The largest absolute Gasteiger partial charge is 0.316 e. The van der Waals surface area contributed by atoms with Crippen LogP contribution in [0.15, 0.2) is 54.6 Å². The van der Waals surface area contributed by atoms with Crippen LogP contribution in [0, 0.1) is 5.92 Å². The molecule has 0 aliphatic carbocycles. The first-order valence-electron chi connectivity index (χ1n) is 7.65. The minimum absolute atomic E-state index is 0.449. The molecule has 112 valence electrons. The molecule has 0 heterocycles. The van der Waals surface area contributed by atoms with E-state index in [4.69, 9.17) is 11.6 Å². The lowest BCUT2D eigenvalue weighted by Crippen LogP contribution is -2.26. The maximum absolute atomic E-state index is 6.16. The average Bonchev–Trinajstić information content (AvgIpc) is 2.47. The molecule has 2 aromatic carbocycles. The van der Waals surface area contributed by atoms with Crippen molar-refractivity contribution in [3.05, 3.63) is 70.7 Å². The van der Waals surface area contributed by atoms with Crippen molar-refractivity contribution in [1.82, 2.24) is 5.32 Å². The summed E-state index contributed by atoms with van der Waals surface area (Å²) in [5.41, 5.74) is 2.68.